The first-order valence-electron chi connectivity index (χ1n) is 8.23. The van der Waals surface area contributed by atoms with Gasteiger partial charge in [-0.25, -0.2) is 4.79 Å². The predicted molar refractivity (Wildman–Crippen MR) is 112 cm³/mol. The van der Waals surface area contributed by atoms with Crippen LogP contribution in [-0.4, -0.2) is 17.7 Å². The van der Waals surface area contributed by atoms with Crippen molar-refractivity contribution >= 4 is 47.4 Å². The van der Waals surface area contributed by atoms with Crippen LogP contribution in [0.1, 0.15) is 42.2 Å². The number of aromatic carboxylic acids is 1. The number of carbonyl (C=O) groups is 1. The molecule has 0 radical (unpaired) electrons. The number of hydrogen-bond donors (Lipinski definition) is 2. The first kappa shape index (κ1) is 21.5. The van der Waals surface area contributed by atoms with E-state index in [2.05, 4.69) is 16.9 Å². The average Bonchev–Trinajstić information content (AvgIpc) is 2.96. The number of carboxylic acid groups (broad SMARTS) is 1. The van der Waals surface area contributed by atoms with Crippen molar-refractivity contribution in [3.63, 3.8) is 0 Å². The van der Waals surface area contributed by atoms with Crippen molar-refractivity contribution in [2.45, 2.75) is 27.7 Å². The van der Waals surface area contributed by atoms with Gasteiger partial charge in [0, 0.05) is 10.4 Å². The van der Waals surface area contributed by atoms with Gasteiger partial charge in [0.2, 0.25) is 0 Å². The standard InChI is InChI=1S/C19H21ClNO4PS/c1-5-25-26(24,14-8-6-13(20)7-9-14)21-16-12-15(10-11-19(2,3)4)27-17(16)18(22)23/h6-9,12H,5H2,1-4H3,(H,21,24)(H,22,23). The Labute approximate surface area is 168 Å². The number of carboxylic acids is 1. The molecule has 1 aromatic carbocycles. The second kappa shape index (κ2) is 8.50. The van der Waals surface area contributed by atoms with Crippen molar-refractivity contribution in [2.75, 3.05) is 11.7 Å². The number of halogens is 1. The highest BCUT2D eigenvalue weighted by atomic mass is 35.5. The highest BCUT2D eigenvalue weighted by Crippen LogP contribution is 2.47. The van der Waals surface area contributed by atoms with Gasteiger partial charge in [-0.2, -0.15) is 0 Å². The molecular formula is C19H21ClNO4PS. The molecule has 2 rings (SSSR count). The third-order valence-electron chi connectivity index (χ3n) is 3.23. The molecule has 8 heteroatoms. The number of hydrogen-bond acceptors (Lipinski definition) is 4. The molecule has 5 nitrogen and oxygen atoms in total. The fraction of sp³-hybridized carbons (Fsp3) is 0.316. The van der Waals surface area contributed by atoms with E-state index >= 15 is 0 Å². The lowest BCUT2D eigenvalue weighted by molar-refractivity contribution is 0.0703. The summed E-state index contributed by atoms with van der Waals surface area (Å²) < 4.78 is 18.9. The van der Waals surface area contributed by atoms with Crippen LogP contribution in [0, 0.1) is 17.3 Å². The Balaban J connectivity index is 2.46. The highest BCUT2D eigenvalue weighted by molar-refractivity contribution is 7.68. The van der Waals surface area contributed by atoms with Crippen LogP contribution in [0.4, 0.5) is 5.69 Å². The van der Waals surface area contributed by atoms with Gasteiger partial charge in [-0.15, -0.1) is 11.3 Å². The largest absolute Gasteiger partial charge is 0.477 e. The van der Waals surface area contributed by atoms with Gasteiger partial charge in [-0.3, -0.25) is 4.57 Å². The third kappa shape index (κ3) is 5.85. The van der Waals surface area contributed by atoms with Crippen molar-refractivity contribution in [2.24, 2.45) is 5.41 Å². The molecule has 144 valence electrons. The summed E-state index contributed by atoms with van der Waals surface area (Å²) in [5.74, 6) is 4.93. The van der Waals surface area contributed by atoms with E-state index in [-0.39, 0.29) is 22.6 Å². The van der Waals surface area contributed by atoms with E-state index in [0.717, 1.165) is 11.3 Å². The fourth-order valence-corrected chi connectivity index (χ4v) is 4.84. The Morgan fingerprint density at radius 2 is 1.96 bits per heavy atom. The van der Waals surface area contributed by atoms with Gasteiger partial charge in [0.15, 0.2) is 0 Å². The van der Waals surface area contributed by atoms with E-state index in [1.165, 1.54) is 0 Å². The van der Waals surface area contributed by atoms with Crippen LogP contribution >= 0.6 is 30.5 Å². The molecule has 0 bridgehead atoms. The van der Waals surface area contributed by atoms with Crippen molar-refractivity contribution in [1.82, 2.24) is 0 Å². The molecule has 1 heterocycles. The summed E-state index contributed by atoms with van der Waals surface area (Å²) in [7, 11) is -3.53. The molecule has 0 saturated carbocycles. The molecular weight excluding hydrogens is 405 g/mol. The van der Waals surface area contributed by atoms with Crippen molar-refractivity contribution in [3.05, 3.63) is 45.1 Å². The maximum atomic E-state index is 13.4. The van der Waals surface area contributed by atoms with E-state index in [0.29, 0.717) is 15.2 Å². The van der Waals surface area contributed by atoms with E-state index in [4.69, 9.17) is 16.1 Å². The first-order chi connectivity index (χ1) is 12.5. The van der Waals surface area contributed by atoms with Crippen molar-refractivity contribution in [3.8, 4) is 11.8 Å². The number of benzene rings is 1. The Bertz CT molecular complexity index is 935. The van der Waals surface area contributed by atoms with E-state index in [1.807, 2.05) is 20.8 Å². The summed E-state index contributed by atoms with van der Waals surface area (Å²) in [6.45, 7) is 7.81. The quantitative estimate of drug-likeness (QED) is 0.474. The SMILES string of the molecule is CCOP(=O)(Nc1cc(C#CC(C)(C)C)sc1C(=O)O)c1ccc(Cl)cc1. The molecule has 27 heavy (non-hydrogen) atoms. The summed E-state index contributed by atoms with van der Waals surface area (Å²) in [5, 5.41) is 13.2. The smallest absolute Gasteiger partial charge is 0.348 e. The van der Waals surface area contributed by atoms with E-state index in [1.54, 1.807) is 37.3 Å². The van der Waals surface area contributed by atoms with Crippen molar-refractivity contribution < 1.29 is 19.0 Å². The molecule has 0 aliphatic rings. The molecule has 0 aliphatic carbocycles. The summed E-state index contributed by atoms with van der Waals surface area (Å²) >= 11 is 6.93. The summed E-state index contributed by atoms with van der Waals surface area (Å²) in [6, 6.07) is 8.00. The number of anilines is 1. The van der Waals surface area contributed by atoms with Crippen LogP contribution in [0.25, 0.3) is 0 Å². The second-order valence-corrected chi connectivity index (χ2v) is 10.3. The minimum absolute atomic E-state index is 0.0297. The third-order valence-corrected chi connectivity index (χ3v) is 6.66. The normalized spacial score (nSPS) is 13.4. The van der Waals surface area contributed by atoms with Gasteiger partial charge in [-0.1, -0.05) is 23.4 Å². The van der Waals surface area contributed by atoms with Crippen LogP contribution in [0.5, 0.6) is 0 Å². The minimum atomic E-state index is -3.53. The first-order valence-corrected chi connectivity index (χ1v) is 11.1. The number of thiophene rings is 1. The van der Waals surface area contributed by atoms with Crippen LogP contribution in [-0.2, 0) is 9.09 Å². The molecule has 1 unspecified atom stereocenters. The lowest BCUT2D eigenvalue weighted by Crippen LogP contribution is -2.15. The maximum Gasteiger partial charge on any atom is 0.348 e. The van der Waals surface area contributed by atoms with Gasteiger partial charge >= 0.3 is 13.5 Å². The Morgan fingerprint density at radius 3 is 2.48 bits per heavy atom. The van der Waals surface area contributed by atoms with E-state index < -0.39 is 13.5 Å². The second-order valence-electron chi connectivity index (χ2n) is 6.72. The number of rotatable bonds is 6. The molecule has 2 aromatic rings. The monoisotopic (exact) mass is 425 g/mol. The average molecular weight is 426 g/mol. The molecule has 0 fully saturated rings. The molecule has 0 aliphatic heterocycles. The van der Waals surface area contributed by atoms with Gasteiger partial charge in [-0.05, 0) is 58.0 Å². The van der Waals surface area contributed by atoms with Crippen LogP contribution < -0.4 is 10.4 Å². The molecule has 1 atom stereocenters. The zero-order valence-electron chi connectivity index (χ0n) is 15.5. The Kier molecular flexibility index (Phi) is 6.77. The van der Waals surface area contributed by atoms with E-state index in [9.17, 15) is 14.5 Å². The van der Waals surface area contributed by atoms with Gasteiger partial charge in [0.25, 0.3) is 0 Å². The van der Waals surface area contributed by atoms with Crippen LogP contribution in [0.2, 0.25) is 5.02 Å². The maximum absolute atomic E-state index is 13.4. The zero-order chi connectivity index (χ0) is 20.2. The highest BCUT2D eigenvalue weighted by Gasteiger charge is 2.29. The summed E-state index contributed by atoms with van der Waals surface area (Å²) in [5.41, 5.74) is 0.00248. The molecule has 0 saturated heterocycles. The lowest BCUT2D eigenvalue weighted by Gasteiger charge is -2.20. The summed E-state index contributed by atoms with van der Waals surface area (Å²) in [6.07, 6.45) is 0. The lowest BCUT2D eigenvalue weighted by atomic mass is 9.98. The van der Waals surface area contributed by atoms with Crippen LogP contribution in [0.3, 0.4) is 0 Å². The predicted octanol–water partition coefficient (Wildman–Crippen LogP) is 5.46. The van der Waals surface area contributed by atoms with Gasteiger partial charge in [0.1, 0.15) is 4.88 Å². The number of nitrogens with one attached hydrogen (secondary N) is 1. The molecule has 2 N–H and O–H groups in total. The fourth-order valence-electron chi connectivity index (χ4n) is 2.09. The minimum Gasteiger partial charge on any atom is -0.477 e. The van der Waals surface area contributed by atoms with Gasteiger partial charge < -0.3 is 14.7 Å². The molecule has 1 aromatic heterocycles. The molecule has 0 amide bonds. The molecule has 0 spiro atoms. The van der Waals surface area contributed by atoms with Crippen molar-refractivity contribution in [1.29, 1.82) is 0 Å². The Hall–Kier alpha value is -1.77. The van der Waals surface area contributed by atoms with Gasteiger partial charge in [0.05, 0.1) is 22.5 Å². The summed E-state index contributed by atoms with van der Waals surface area (Å²) in [4.78, 5) is 12.2. The Morgan fingerprint density at radius 1 is 1.33 bits per heavy atom. The zero-order valence-corrected chi connectivity index (χ0v) is 18.0. The topological polar surface area (TPSA) is 75.6 Å². The van der Waals surface area contributed by atoms with Crippen LogP contribution in [0.15, 0.2) is 30.3 Å².